The van der Waals surface area contributed by atoms with Gasteiger partial charge in [0.15, 0.2) is 5.82 Å². The number of aromatic nitrogens is 5. The molecule has 12 nitrogen and oxygen atoms in total. The minimum atomic E-state index is -0.738. The van der Waals surface area contributed by atoms with Gasteiger partial charge in [-0.05, 0) is 52.7 Å². The van der Waals surface area contributed by atoms with Gasteiger partial charge in [0.05, 0.1) is 18.7 Å². The number of likely N-dealkylation sites (tertiary alicyclic amines) is 1. The van der Waals surface area contributed by atoms with E-state index >= 15 is 8.78 Å². The quantitative estimate of drug-likeness (QED) is 0.161. The van der Waals surface area contributed by atoms with Crippen LogP contribution in [0, 0.1) is 11.6 Å². The zero-order valence-corrected chi connectivity index (χ0v) is 29.2. The minimum absolute atomic E-state index is 0.0150. The lowest BCUT2D eigenvalue weighted by molar-refractivity contribution is -0.114. The number of nitrogens with zero attached hydrogens (tertiary/aromatic N) is 6. The molecule has 0 bridgehead atoms. The minimum Gasteiger partial charge on any atom is -0.494 e. The van der Waals surface area contributed by atoms with Crippen molar-refractivity contribution in [2.45, 2.75) is 65.5 Å². The van der Waals surface area contributed by atoms with E-state index in [9.17, 15) is 9.59 Å². The summed E-state index contributed by atoms with van der Waals surface area (Å²) in [5.74, 6) is -0.487. The zero-order valence-electron chi connectivity index (χ0n) is 29.2. The molecule has 2 amide bonds. The van der Waals surface area contributed by atoms with Crippen LogP contribution in [0.3, 0.4) is 0 Å². The molecule has 0 unspecified atom stereocenters. The van der Waals surface area contributed by atoms with Crippen molar-refractivity contribution in [3.63, 3.8) is 0 Å². The van der Waals surface area contributed by atoms with Crippen LogP contribution in [0.1, 0.15) is 64.6 Å². The SMILES string of the molecule is CCOc1cc(F)c(Cn2nc(-c3nc(Nc4ccnc(NC(C)=O)c4)cc(C4CCN(C(=O)OC(C)(C)C)CC4)n3)c3ccccc32)c(F)c1. The third-order valence-electron chi connectivity index (χ3n) is 8.25. The first-order chi connectivity index (χ1) is 24.4. The molecule has 51 heavy (non-hydrogen) atoms. The number of rotatable bonds is 9. The molecule has 0 saturated carbocycles. The molecule has 5 aromatic rings. The van der Waals surface area contributed by atoms with Crippen molar-refractivity contribution in [1.29, 1.82) is 0 Å². The second kappa shape index (κ2) is 14.7. The number of piperidine rings is 1. The summed E-state index contributed by atoms with van der Waals surface area (Å²) in [6.45, 7) is 9.74. The average Bonchev–Trinajstić information content (AvgIpc) is 3.44. The number of hydrogen-bond acceptors (Lipinski definition) is 9. The maximum absolute atomic E-state index is 15.2. The van der Waals surface area contributed by atoms with Gasteiger partial charge in [0.25, 0.3) is 0 Å². The number of hydrogen-bond donors (Lipinski definition) is 2. The van der Waals surface area contributed by atoms with Gasteiger partial charge in [-0.2, -0.15) is 5.10 Å². The fourth-order valence-corrected chi connectivity index (χ4v) is 5.98. The summed E-state index contributed by atoms with van der Waals surface area (Å²) < 4.78 is 42.8. The van der Waals surface area contributed by atoms with Crippen LogP contribution < -0.4 is 15.4 Å². The Bertz CT molecular complexity index is 2050. The molecule has 1 aliphatic heterocycles. The van der Waals surface area contributed by atoms with Gasteiger partial charge in [-0.1, -0.05) is 18.2 Å². The number of ether oxygens (including phenoxy) is 2. The molecule has 14 heteroatoms. The molecule has 2 aromatic carbocycles. The summed E-state index contributed by atoms with van der Waals surface area (Å²) in [5, 5.41) is 11.5. The normalized spacial score (nSPS) is 13.7. The van der Waals surface area contributed by atoms with Crippen LogP contribution in [0.15, 0.2) is 60.8 Å². The van der Waals surface area contributed by atoms with Gasteiger partial charge in [0, 0.05) is 78.7 Å². The Kier molecular flexibility index (Phi) is 10.1. The molecule has 6 rings (SSSR count). The maximum atomic E-state index is 15.2. The first-order valence-corrected chi connectivity index (χ1v) is 16.8. The number of carbonyl (C=O) groups excluding carboxylic acids is 2. The number of para-hydroxylation sites is 1. The predicted octanol–water partition coefficient (Wildman–Crippen LogP) is 7.43. The topological polar surface area (TPSA) is 136 Å². The summed E-state index contributed by atoms with van der Waals surface area (Å²) in [7, 11) is 0. The Morgan fingerprint density at radius 3 is 2.39 bits per heavy atom. The van der Waals surface area contributed by atoms with E-state index < -0.39 is 17.2 Å². The Balaban J connectivity index is 1.38. The average molecular weight is 699 g/mol. The van der Waals surface area contributed by atoms with Crippen molar-refractivity contribution in [3.05, 3.63) is 83.7 Å². The van der Waals surface area contributed by atoms with Crippen LogP contribution in [0.2, 0.25) is 0 Å². The lowest BCUT2D eigenvalue weighted by Gasteiger charge is -2.33. The first kappa shape index (κ1) is 35.2. The van der Waals surface area contributed by atoms with Gasteiger partial charge in [-0.3, -0.25) is 9.48 Å². The molecule has 0 atom stereocenters. The molecule has 0 aliphatic carbocycles. The standard InChI is InChI=1S/C37H40F2N8O4/c1-6-50-25-18-28(38)27(29(39)19-25)21-47-31-10-8-7-9-26(31)34(45-47)35-43-30(23-12-15-46(16-13-23)36(49)51-37(3,4)5)20-33(44-35)42-24-11-14-40-32(17-24)41-22(2)48/h7-11,14,17-20,23H,6,12-13,15-16,21H2,1-5H3,(H2,40,41,42,43,44,48). The van der Waals surface area contributed by atoms with E-state index in [0.29, 0.717) is 65.7 Å². The monoisotopic (exact) mass is 698 g/mol. The van der Waals surface area contributed by atoms with Crippen LogP contribution in [0.5, 0.6) is 5.75 Å². The zero-order chi connectivity index (χ0) is 36.3. The van der Waals surface area contributed by atoms with E-state index in [2.05, 4.69) is 15.6 Å². The number of amides is 2. The first-order valence-electron chi connectivity index (χ1n) is 16.8. The molecular formula is C37H40F2N8O4. The fraction of sp³-hybridized carbons (Fsp3) is 0.351. The van der Waals surface area contributed by atoms with E-state index in [-0.39, 0.29) is 42.4 Å². The number of pyridine rings is 1. The number of fused-ring (bicyclic) bond motifs is 1. The molecule has 1 saturated heterocycles. The summed E-state index contributed by atoms with van der Waals surface area (Å²) in [6.07, 6.45) is 2.50. The van der Waals surface area contributed by atoms with E-state index in [4.69, 9.17) is 24.5 Å². The van der Waals surface area contributed by atoms with Crippen molar-refractivity contribution in [2.75, 3.05) is 30.3 Å². The smallest absolute Gasteiger partial charge is 0.410 e. The summed E-state index contributed by atoms with van der Waals surface area (Å²) >= 11 is 0. The second-order valence-corrected chi connectivity index (χ2v) is 13.3. The predicted molar refractivity (Wildman–Crippen MR) is 189 cm³/mol. The Labute approximate surface area is 294 Å². The van der Waals surface area contributed by atoms with Gasteiger partial charge in [0.2, 0.25) is 5.91 Å². The molecule has 3 aromatic heterocycles. The molecule has 0 radical (unpaired) electrons. The number of halogens is 2. The highest BCUT2D eigenvalue weighted by Gasteiger charge is 2.29. The highest BCUT2D eigenvalue weighted by molar-refractivity contribution is 5.92. The highest BCUT2D eigenvalue weighted by Crippen LogP contribution is 2.34. The van der Waals surface area contributed by atoms with Gasteiger partial charge < -0.3 is 25.0 Å². The number of anilines is 3. The summed E-state index contributed by atoms with van der Waals surface area (Å²) in [6, 6.07) is 15.0. The maximum Gasteiger partial charge on any atom is 0.410 e. The van der Waals surface area contributed by atoms with Crippen LogP contribution in [0.4, 0.5) is 30.9 Å². The van der Waals surface area contributed by atoms with Crippen molar-refractivity contribution < 1.29 is 27.8 Å². The second-order valence-electron chi connectivity index (χ2n) is 13.3. The fourth-order valence-electron chi connectivity index (χ4n) is 5.98. The van der Waals surface area contributed by atoms with E-state index in [1.807, 2.05) is 51.1 Å². The molecule has 266 valence electrons. The molecule has 0 spiro atoms. The number of carbonyl (C=O) groups is 2. The van der Waals surface area contributed by atoms with Crippen LogP contribution in [-0.2, 0) is 16.1 Å². The Morgan fingerprint density at radius 2 is 1.71 bits per heavy atom. The molecule has 1 aliphatic rings. The van der Waals surface area contributed by atoms with Crippen molar-refractivity contribution in [1.82, 2.24) is 29.6 Å². The van der Waals surface area contributed by atoms with Gasteiger partial charge in [-0.25, -0.2) is 28.5 Å². The van der Waals surface area contributed by atoms with Crippen LogP contribution in [0.25, 0.3) is 22.4 Å². The summed E-state index contributed by atoms with van der Waals surface area (Å²) in [4.78, 5) is 40.2. The van der Waals surface area contributed by atoms with Crippen molar-refractivity contribution >= 4 is 40.2 Å². The van der Waals surface area contributed by atoms with E-state index in [1.165, 1.54) is 23.7 Å². The molecule has 2 N–H and O–H groups in total. The van der Waals surface area contributed by atoms with Crippen molar-refractivity contribution in [3.8, 4) is 17.3 Å². The molecule has 1 fully saturated rings. The van der Waals surface area contributed by atoms with E-state index in [0.717, 1.165) is 5.69 Å². The van der Waals surface area contributed by atoms with E-state index in [1.54, 1.807) is 30.2 Å². The number of nitrogens with one attached hydrogen (secondary N) is 2. The molecular weight excluding hydrogens is 658 g/mol. The van der Waals surface area contributed by atoms with Gasteiger partial charge in [-0.15, -0.1) is 0 Å². The van der Waals surface area contributed by atoms with Gasteiger partial charge >= 0.3 is 6.09 Å². The summed E-state index contributed by atoms with van der Waals surface area (Å²) in [5.41, 5.74) is 1.69. The highest BCUT2D eigenvalue weighted by atomic mass is 19.1. The Morgan fingerprint density at radius 1 is 0.980 bits per heavy atom. The largest absolute Gasteiger partial charge is 0.494 e. The van der Waals surface area contributed by atoms with Gasteiger partial charge in [0.1, 0.15) is 40.3 Å². The molecule has 4 heterocycles. The van der Waals surface area contributed by atoms with Crippen LogP contribution in [-0.4, -0.2) is 66.9 Å². The third-order valence-corrected chi connectivity index (χ3v) is 8.25. The lowest BCUT2D eigenvalue weighted by atomic mass is 9.93. The van der Waals surface area contributed by atoms with Crippen molar-refractivity contribution in [2.24, 2.45) is 0 Å². The number of benzene rings is 2. The third kappa shape index (κ3) is 8.39. The lowest BCUT2D eigenvalue weighted by Crippen LogP contribution is -2.41. The Hall–Kier alpha value is -5.66. The van der Waals surface area contributed by atoms with Crippen LogP contribution >= 0.6 is 0 Å².